The second-order valence-corrected chi connectivity index (χ2v) is 3.85. The van der Waals surface area contributed by atoms with Gasteiger partial charge in [-0.25, -0.2) is 0 Å². The molecule has 17 heavy (non-hydrogen) atoms. The van der Waals surface area contributed by atoms with Gasteiger partial charge in [0, 0.05) is 17.1 Å². The lowest BCUT2D eigenvalue weighted by atomic mass is 10.1. The normalized spacial score (nSPS) is 11.6. The highest BCUT2D eigenvalue weighted by Crippen LogP contribution is 2.23. The fourth-order valence-corrected chi connectivity index (χ4v) is 1.36. The average Bonchev–Trinajstić information content (AvgIpc) is 2.28. The number of nitro benzene ring substituents is 1. The molecule has 0 bridgehead atoms. The maximum atomic E-state index is 11.7. The van der Waals surface area contributed by atoms with E-state index in [1.54, 1.807) is 6.92 Å². The zero-order valence-corrected chi connectivity index (χ0v) is 9.90. The summed E-state index contributed by atoms with van der Waals surface area (Å²) in [5, 5.41) is 13.5. The Balaban J connectivity index is 3.08. The second-order valence-electron chi connectivity index (χ2n) is 3.42. The molecule has 1 aromatic rings. The van der Waals surface area contributed by atoms with E-state index >= 15 is 0 Å². The van der Waals surface area contributed by atoms with Gasteiger partial charge < -0.3 is 5.32 Å². The first-order valence-corrected chi connectivity index (χ1v) is 5.21. The average molecular weight is 255 g/mol. The van der Waals surface area contributed by atoms with E-state index in [1.807, 2.05) is 0 Å². The Labute approximate surface area is 103 Å². The molecule has 0 saturated carbocycles. The Morgan fingerprint density at radius 3 is 2.82 bits per heavy atom. The minimum atomic E-state index is -0.640. The van der Waals surface area contributed by atoms with Crippen LogP contribution in [0.1, 0.15) is 17.3 Å². The summed E-state index contributed by atoms with van der Waals surface area (Å²) in [6.45, 7) is 5.22. The lowest BCUT2D eigenvalue weighted by Gasteiger charge is -2.09. The van der Waals surface area contributed by atoms with Gasteiger partial charge in [-0.05, 0) is 19.1 Å². The molecular weight excluding hydrogens is 244 g/mol. The van der Waals surface area contributed by atoms with Gasteiger partial charge in [0.2, 0.25) is 0 Å². The quantitative estimate of drug-likeness (QED) is 0.510. The van der Waals surface area contributed by atoms with Gasteiger partial charge in [0.25, 0.3) is 11.6 Å². The van der Waals surface area contributed by atoms with Crippen LogP contribution in [0.15, 0.2) is 30.9 Å². The predicted octanol–water partition coefficient (Wildman–Crippen LogP) is 2.55. The molecule has 0 aromatic heterocycles. The Bertz CT molecular complexity index is 474. The third-order valence-electron chi connectivity index (χ3n) is 2.11. The first kappa shape index (κ1) is 13.2. The number of hydrogen-bond donors (Lipinski definition) is 1. The maximum absolute atomic E-state index is 11.7. The Morgan fingerprint density at radius 2 is 2.29 bits per heavy atom. The summed E-state index contributed by atoms with van der Waals surface area (Å²) in [6, 6.07) is 3.64. The Morgan fingerprint density at radius 1 is 1.65 bits per heavy atom. The van der Waals surface area contributed by atoms with Crippen molar-refractivity contribution >= 4 is 23.2 Å². The molecule has 0 saturated heterocycles. The van der Waals surface area contributed by atoms with Crippen LogP contribution in [0, 0.1) is 10.1 Å². The van der Waals surface area contributed by atoms with Crippen LogP contribution in [0.4, 0.5) is 5.69 Å². The number of amides is 1. The van der Waals surface area contributed by atoms with Crippen molar-refractivity contribution in [2.45, 2.75) is 13.0 Å². The molecule has 1 N–H and O–H groups in total. The van der Waals surface area contributed by atoms with Gasteiger partial charge in [0.1, 0.15) is 5.56 Å². The van der Waals surface area contributed by atoms with Crippen molar-refractivity contribution in [2.75, 3.05) is 0 Å². The number of rotatable bonds is 4. The van der Waals surface area contributed by atoms with Crippen LogP contribution < -0.4 is 5.32 Å². The van der Waals surface area contributed by atoms with Gasteiger partial charge in [-0.3, -0.25) is 14.9 Å². The topological polar surface area (TPSA) is 72.2 Å². The van der Waals surface area contributed by atoms with E-state index in [0.29, 0.717) is 0 Å². The van der Waals surface area contributed by atoms with Crippen molar-refractivity contribution < 1.29 is 9.72 Å². The monoisotopic (exact) mass is 254 g/mol. The molecule has 0 spiro atoms. The smallest absolute Gasteiger partial charge is 0.283 e. The summed E-state index contributed by atoms with van der Waals surface area (Å²) in [5.74, 6) is -0.527. The predicted molar refractivity (Wildman–Crippen MR) is 65.2 cm³/mol. The third kappa shape index (κ3) is 3.29. The molecule has 90 valence electrons. The van der Waals surface area contributed by atoms with Gasteiger partial charge >= 0.3 is 0 Å². The summed E-state index contributed by atoms with van der Waals surface area (Å²) >= 11 is 5.65. The SMILES string of the molecule is C=CC(C)NC(=O)c1ccc(Cl)cc1[N+](=O)[O-]. The zero-order chi connectivity index (χ0) is 13.0. The standard InChI is InChI=1S/C11H11ClN2O3/c1-3-7(2)13-11(15)9-5-4-8(12)6-10(9)14(16)17/h3-7H,1H2,2H3,(H,13,15). The molecule has 0 aliphatic heterocycles. The van der Waals surface area contributed by atoms with E-state index in [1.165, 1.54) is 18.2 Å². The summed E-state index contributed by atoms with van der Waals surface area (Å²) < 4.78 is 0. The van der Waals surface area contributed by atoms with Crippen molar-refractivity contribution in [1.29, 1.82) is 0 Å². The number of benzene rings is 1. The van der Waals surface area contributed by atoms with E-state index in [0.717, 1.165) is 6.07 Å². The number of halogens is 1. The van der Waals surface area contributed by atoms with Gasteiger partial charge in [-0.2, -0.15) is 0 Å². The van der Waals surface area contributed by atoms with Crippen molar-refractivity contribution in [3.8, 4) is 0 Å². The van der Waals surface area contributed by atoms with Crippen molar-refractivity contribution in [3.05, 3.63) is 51.6 Å². The van der Waals surface area contributed by atoms with E-state index in [-0.39, 0.29) is 22.3 Å². The number of nitrogens with zero attached hydrogens (tertiary/aromatic N) is 1. The van der Waals surface area contributed by atoms with Crippen LogP contribution in [0.2, 0.25) is 5.02 Å². The molecule has 1 aromatic carbocycles. The highest BCUT2D eigenvalue weighted by atomic mass is 35.5. The largest absolute Gasteiger partial charge is 0.346 e. The van der Waals surface area contributed by atoms with Crippen molar-refractivity contribution in [1.82, 2.24) is 5.32 Å². The van der Waals surface area contributed by atoms with Crippen LogP contribution in [0.5, 0.6) is 0 Å². The number of nitrogens with one attached hydrogen (secondary N) is 1. The number of nitro groups is 1. The van der Waals surface area contributed by atoms with Crippen LogP contribution in [-0.4, -0.2) is 16.9 Å². The fourth-order valence-electron chi connectivity index (χ4n) is 1.19. The van der Waals surface area contributed by atoms with Crippen LogP contribution in [-0.2, 0) is 0 Å². The minimum absolute atomic E-state index is 0.0203. The van der Waals surface area contributed by atoms with Gasteiger partial charge in [0.15, 0.2) is 0 Å². The first-order chi connectivity index (χ1) is 7.95. The summed E-state index contributed by atoms with van der Waals surface area (Å²) in [4.78, 5) is 21.9. The second kappa shape index (κ2) is 5.45. The van der Waals surface area contributed by atoms with Crippen molar-refractivity contribution in [2.24, 2.45) is 0 Å². The highest BCUT2D eigenvalue weighted by Gasteiger charge is 2.20. The molecule has 1 unspecified atom stereocenters. The molecule has 0 radical (unpaired) electrons. The number of carbonyl (C=O) groups excluding carboxylic acids is 1. The van der Waals surface area contributed by atoms with Gasteiger partial charge in [0.05, 0.1) is 4.92 Å². The summed E-state index contributed by atoms with van der Waals surface area (Å²) in [7, 11) is 0. The highest BCUT2D eigenvalue weighted by molar-refractivity contribution is 6.31. The third-order valence-corrected chi connectivity index (χ3v) is 2.35. The zero-order valence-electron chi connectivity index (χ0n) is 9.14. The maximum Gasteiger partial charge on any atom is 0.283 e. The Kier molecular flexibility index (Phi) is 4.23. The van der Waals surface area contributed by atoms with E-state index < -0.39 is 10.8 Å². The van der Waals surface area contributed by atoms with E-state index in [4.69, 9.17) is 11.6 Å². The molecule has 0 fully saturated rings. The molecule has 5 nitrogen and oxygen atoms in total. The van der Waals surface area contributed by atoms with Crippen LogP contribution in [0.25, 0.3) is 0 Å². The van der Waals surface area contributed by atoms with Gasteiger partial charge in [-0.15, -0.1) is 6.58 Å². The Hall–Kier alpha value is -1.88. The van der Waals surface area contributed by atoms with Gasteiger partial charge in [-0.1, -0.05) is 17.7 Å². The molecule has 0 aliphatic rings. The molecule has 1 rings (SSSR count). The number of carbonyl (C=O) groups is 1. The molecule has 0 aliphatic carbocycles. The summed E-state index contributed by atoms with van der Waals surface area (Å²) in [6.07, 6.45) is 1.53. The number of hydrogen-bond acceptors (Lipinski definition) is 3. The van der Waals surface area contributed by atoms with Crippen molar-refractivity contribution in [3.63, 3.8) is 0 Å². The van der Waals surface area contributed by atoms with E-state index in [2.05, 4.69) is 11.9 Å². The van der Waals surface area contributed by atoms with E-state index in [9.17, 15) is 14.9 Å². The van der Waals surface area contributed by atoms with Crippen LogP contribution in [0.3, 0.4) is 0 Å². The molecule has 6 heteroatoms. The first-order valence-electron chi connectivity index (χ1n) is 4.83. The molecular formula is C11H11ClN2O3. The minimum Gasteiger partial charge on any atom is -0.346 e. The lowest BCUT2D eigenvalue weighted by Crippen LogP contribution is -2.31. The fraction of sp³-hybridized carbons (Fsp3) is 0.182. The van der Waals surface area contributed by atoms with Crippen LogP contribution >= 0.6 is 11.6 Å². The molecule has 0 heterocycles. The molecule has 1 amide bonds. The molecule has 1 atom stereocenters. The lowest BCUT2D eigenvalue weighted by molar-refractivity contribution is -0.385. The summed E-state index contributed by atoms with van der Waals surface area (Å²) in [5.41, 5.74) is -0.334.